The molecular formula is C18H26N6O3. The maximum Gasteiger partial charge on any atom is 0.273 e. The van der Waals surface area contributed by atoms with Crippen LogP contribution in [0.3, 0.4) is 0 Å². The van der Waals surface area contributed by atoms with Gasteiger partial charge >= 0.3 is 0 Å². The monoisotopic (exact) mass is 374 g/mol. The number of hydrogen-bond acceptors (Lipinski definition) is 6. The van der Waals surface area contributed by atoms with Crippen LogP contribution in [0.5, 0.6) is 0 Å². The number of ether oxygens (including phenoxy) is 1. The first kappa shape index (κ1) is 19.2. The molecule has 0 aliphatic carbocycles. The molecule has 9 nitrogen and oxygen atoms in total. The van der Waals surface area contributed by atoms with Crippen molar-refractivity contribution in [1.29, 1.82) is 0 Å². The largest absolute Gasteiger partial charge is 0.377 e. The Morgan fingerprint density at radius 2 is 2.22 bits per heavy atom. The number of aromatic nitrogens is 4. The number of carbonyl (C=O) groups excluding carboxylic acids is 2. The summed E-state index contributed by atoms with van der Waals surface area (Å²) >= 11 is 0. The molecule has 2 aromatic heterocycles. The van der Waals surface area contributed by atoms with Gasteiger partial charge in [0.15, 0.2) is 0 Å². The predicted molar refractivity (Wildman–Crippen MR) is 98.4 cm³/mol. The van der Waals surface area contributed by atoms with E-state index < -0.39 is 0 Å². The maximum absolute atomic E-state index is 13.2. The lowest BCUT2D eigenvalue weighted by atomic mass is 10.1. The summed E-state index contributed by atoms with van der Waals surface area (Å²) in [6, 6.07) is 1.46. The Hall–Kier alpha value is -2.55. The van der Waals surface area contributed by atoms with Gasteiger partial charge in [-0.05, 0) is 18.4 Å². The van der Waals surface area contributed by atoms with E-state index >= 15 is 0 Å². The Morgan fingerprint density at radius 1 is 1.41 bits per heavy atom. The van der Waals surface area contributed by atoms with Gasteiger partial charge in [-0.25, -0.2) is 9.50 Å². The summed E-state index contributed by atoms with van der Waals surface area (Å²) in [5, 5.41) is 7.03. The molecule has 9 heteroatoms. The molecular weight excluding hydrogens is 348 g/mol. The number of carbonyl (C=O) groups is 2. The highest BCUT2D eigenvalue weighted by molar-refractivity contribution is 5.93. The van der Waals surface area contributed by atoms with E-state index in [-0.39, 0.29) is 30.2 Å². The van der Waals surface area contributed by atoms with E-state index in [0.29, 0.717) is 37.8 Å². The molecule has 27 heavy (non-hydrogen) atoms. The normalized spacial score (nSPS) is 17.5. The zero-order valence-electron chi connectivity index (χ0n) is 16.0. The molecule has 146 valence electrons. The maximum atomic E-state index is 13.2. The number of nitrogens with one attached hydrogen (secondary N) is 1. The van der Waals surface area contributed by atoms with Crippen LogP contribution in [0.25, 0.3) is 5.78 Å². The molecule has 0 unspecified atom stereocenters. The highest BCUT2D eigenvalue weighted by Crippen LogP contribution is 2.19. The SMILES string of the molecule is CCCNC(=O)C[C@@H]1COCCN1C(=O)c1cc(C(C)C)n2ncnc2n1. The van der Waals surface area contributed by atoms with Crippen LogP contribution in [-0.2, 0) is 9.53 Å². The third-order valence-corrected chi connectivity index (χ3v) is 4.57. The number of hydrogen-bond donors (Lipinski definition) is 1. The van der Waals surface area contributed by atoms with Gasteiger partial charge in [-0.3, -0.25) is 9.59 Å². The van der Waals surface area contributed by atoms with Crippen molar-refractivity contribution >= 4 is 17.6 Å². The summed E-state index contributed by atoms with van der Waals surface area (Å²) in [5.41, 5.74) is 1.19. The van der Waals surface area contributed by atoms with Gasteiger partial charge in [-0.2, -0.15) is 10.1 Å². The average Bonchev–Trinajstić information content (AvgIpc) is 3.14. The van der Waals surface area contributed by atoms with Crippen molar-refractivity contribution < 1.29 is 14.3 Å². The van der Waals surface area contributed by atoms with Gasteiger partial charge in [0, 0.05) is 19.5 Å². The molecule has 1 atom stereocenters. The number of amides is 2. The fourth-order valence-corrected chi connectivity index (χ4v) is 3.14. The molecule has 3 heterocycles. The molecule has 1 fully saturated rings. The van der Waals surface area contributed by atoms with Gasteiger partial charge < -0.3 is 15.0 Å². The highest BCUT2D eigenvalue weighted by atomic mass is 16.5. The smallest absolute Gasteiger partial charge is 0.273 e. The average molecular weight is 374 g/mol. The first-order valence-corrected chi connectivity index (χ1v) is 9.37. The lowest BCUT2D eigenvalue weighted by Gasteiger charge is -2.35. The topological polar surface area (TPSA) is 102 Å². The van der Waals surface area contributed by atoms with Gasteiger partial charge in [-0.15, -0.1) is 0 Å². The minimum atomic E-state index is -0.304. The number of morpholine rings is 1. The molecule has 0 bridgehead atoms. The highest BCUT2D eigenvalue weighted by Gasteiger charge is 2.31. The van der Waals surface area contributed by atoms with Crippen LogP contribution in [0, 0.1) is 0 Å². The Bertz CT molecular complexity index is 819. The standard InChI is InChI=1S/C18H26N6O3/c1-4-5-19-16(25)8-13-10-27-7-6-23(13)17(26)14-9-15(12(2)3)24-18(22-14)20-11-21-24/h9,11-13H,4-8,10H2,1-3H3,(H,19,25)/t13-/m1/s1. The van der Waals surface area contributed by atoms with E-state index in [1.165, 1.54) is 6.33 Å². The quantitative estimate of drug-likeness (QED) is 0.809. The van der Waals surface area contributed by atoms with E-state index in [2.05, 4.69) is 20.4 Å². The summed E-state index contributed by atoms with van der Waals surface area (Å²) in [6.07, 6.45) is 2.52. The van der Waals surface area contributed by atoms with E-state index in [1.807, 2.05) is 20.8 Å². The predicted octanol–water partition coefficient (Wildman–Crippen LogP) is 1.01. The molecule has 1 aliphatic heterocycles. The summed E-state index contributed by atoms with van der Waals surface area (Å²) in [4.78, 5) is 35.5. The summed E-state index contributed by atoms with van der Waals surface area (Å²) in [7, 11) is 0. The van der Waals surface area contributed by atoms with Crippen molar-refractivity contribution in [2.45, 2.75) is 45.6 Å². The molecule has 0 spiro atoms. The van der Waals surface area contributed by atoms with Crippen LogP contribution in [-0.4, -0.2) is 68.6 Å². The van der Waals surface area contributed by atoms with Crippen molar-refractivity contribution in [3.8, 4) is 0 Å². The van der Waals surface area contributed by atoms with E-state index in [4.69, 9.17) is 4.74 Å². The van der Waals surface area contributed by atoms with Crippen molar-refractivity contribution in [2.24, 2.45) is 0 Å². The second-order valence-corrected chi connectivity index (χ2v) is 6.97. The molecule has 1 aliphatic rings. The molecule has 3 rings (SSSR count). The number of rotatable bonds is 6. The van der Waals surface area contributed by atoms with Crippen molar-refractivity contribution in [3.63, 3.8) is 0 Å². The summed E-state index contributed by atoms with van der Waals surface area (Å²) in [6.45, 7) is 7.90. The van der Waals surface area contributed by atoms with Crippen LogP contribution >= 0.6 is 0 Å². The van der Waals surface area contributed by atoms with E-state index in [0.717, 1.165) is 12.1 Å². The van der Waals surface area contributed by atoms with Gasteiger partial charge in [-0.1, -0.05) is 20.8 Å². The summed E-state index contributed by atoms with van der Waals surface area (Å²) < 4.78 is 7.15. The Labute approximate surface area is 158 Å². The first-order valence-electron chi connectivity index (χ1n) is 9.37. The third kappa shape index (κ3) is 4.24. The van der Waals surface area contributed by atoms with Crippen LogP contribution in [0.2, 0.25) is 0 Å². The summed E-state index contributed by atoms with van der Waals surface area (Å²) in [5.74, 6) is 0.270. The molecule has 0 radical (unpaired) electrons. The minimum absolute atomic E-state index is 0.0751. The first-order chi connectivity index (χ1) is 13.0. The third-order valence-electron chi connectivity index (χ3n) is 4.57. The Kier molecular flexibility index (Phi) is 6.00. The molecule has 0 saturated carbocycles. The van der Waals surface area contributed by atoms with Crippen LogP contribution in [0.15, 0.2) is 12.4 Å². The van der Waals surface area contributed by atoms with Crippen LogP contribution < -0.4 is 5.32 Å². The number of nitrogens with zero attached hydrogens (tertiary/aromatic N) is 5. The molecule has 1 N–H and O–H groups in total. The van der Waals surface area contributed by atoms with E-state index in [9.17, 15) is 9.59 Å². The Balaban J connectivity index is 1.84. The lowest BCUT2D eigenvalue weighted by molar-refractivity contribution is -0.123. The van der Waals surface area contributed by atoms with Crippen molar-refractivity contribution in [3.05, 3.63) is 23.8 Å². The van der Waals surface area contributed by atoms with Crippen LogP contribution in [0.1, 0.15) is 55.7 Å². The number of fused-ring (bicyclic) bond motifs is 1. The zero-order chi connectivity index (χ0) is 19.4. The molecule has 0 aromatic carbocycles. The fraction of sp³-hybridized carbons (Fsp3) is 0.611. The zero-order valence-corrected chi connectivity index (χ0v) is 16.0. The van der Waals surface area contributed by atoms with Gasteiger partial charge in [0.2, 0.25) is 5.91 Å². The second-order valence-electron chi connectivity index (χ2n) is 6.97. The van der Waals surface area contributed by atoms with Crippen molar-refractivity contribution in [2.75, 3.05) is 26.3 Å². The fourth-order valence-electron chi connectivity index (χ4n) is 3.14. The minimum Gasteiger partial charge on any atom is -0.377 e. The van der Waals surface area contributed by atoms with Gasteiger partial charge in [0.1, 0.15) is 12.0 Å². The molecule has 1 saturated heterocycles. The second kappa shape index (κ2) is 8.43. The molecule has 2 amide bonds. The van der Waals surface area contributed by atoms with Gasteiger partial charge in [0.05, 0.1) is 24.9 Å². The lowest BCUT2D eigenvalue weighted by Crippen LogP contribution is -2.50. The molecule has 2 aromatic rings. The van der Waals surface area contributed by atoms with Crippen LogP contribution in [0.4, 0.5) is 0 Å². The van der Waals surface area contributed by atoms with Gasteiger partial charge in [0.25, 0.3) is 11.7 Å². The van der Waals surface area contributed by atoms with E-state index in [1.54, 1.807) is 15.5 Å². The Morgan fingerprint density at radius 3 is 2.96 bits per heavy atom. The van der Waals surface area contributed by atoms with Crippen molar-refractivity contribution in [1.82, 2.24) is 29.8 Å².